The van der Waals surface area contributed by atoms with E-state index in [-0.39, 0.29) is 11.9 Å². The number of ether oxygens (including phenoxy) is 1. The van der Waals surface area contributed by atoms with E-state index in [1.165, 1.54) is 10.9 Å². The average molecular weight is 454 g/mol. The number of carbonyl (C=O) groups is 1. The number of fused-ring (bicyclic) bond motifs is 1. The normalized spacial score (nSPS) is 24.7. The van der Waals surface area contributed by atoms with Gasteiger partial charge in [0.05, 0.1) is 6.54 Å². The largest absolute Gasteiger partial charge is 0.450 e. The number of carbonyl (C=O) groups excluding carboxylic acids is 1. The van der Waals surface area contributed by atoms with Crippen LogP contribution >= 0.6 is 0 Å². The maximum absolute atomic E-state index is 13.2. The molecule has 0 saturated carbocycles. The van der Waals surface area contributed by atoms with E-state index in [9.17, 15) is 4.79 Å². The maximum atomic E-state index is 13.2. The van der Waals surface area contributed by atoms with E-state index in [1.807, 2.05) is 6.07 Å². The highest BCUT2D eigenvalue weighted by atomic mass is 16.5. The summed E-state index contributed by atoms with van der Waals surface area (Å²) in [6.45, 7) is 11.0. The lowest BCUT2D eigenvalue weighted by Gasteiger charge is -2.42. The van der Waals surface area contributed by atoms with Crippen molar-refractivity contribution >= 4 is 22.8 Å². The Labute approximate surface area is 197 Å². The van der Waals surface area contributed by atoms with Gasteiger partial charge in [-0.05, 0) is 57.7 Å². The molecule has 4 rings (SSSR count). The van der Waals surface area contributed by atoms with Gasteiger partial charge in [-0.3, -0.25) is 9.69 Å². The summed E-state index contributed by atoms with van der Waals surface area (Å²) in [7, 11) is 2.16. The highest BCUT2D eigenvalue weighted by Gasteiger charge is 2.35. The van der Waals surface area contributed by atoms with Crippen molar-refractivity contribution in [3.05, 3.63) is 36.0 Å². The summed E-state index contributed by atoms with van der Waals surface area (Å²) in [5.74, 6) is 0.531. The Morgan fingerprint density at radius 2 is 1.94 bits per heavy atom. The van der Waals surface area contributed by atoms with Crippen LogP contribution < -0.4 is 5.32 Å². The van der Waals surface area contributed by atoms with Gasteiger partial charge in [0.2, 0.25) is 0 Å². The first-order valence-corrected chi connectivity index (χ1v) is 12.3. The molecule has 1 fully saturated rings. The van der Waals surface area contributed by atoms with Crippen LogP contribution in [0.1, 0.15) is 46.1 Å². The predicted octanol–water partition coefficient (Wildman–Crippen LogP) is 3.41. The van der Waals surface area contributed by atoms with Crippen molar-refractivity contribution in [1.82, 2.24) is 20.1 Å². The third-order valence-corrected chi connectivity index (χ3v) is 7.14. The molecule has 7 nitrogen and oxygen atoms in total. The molecule has 2 aromatic rings. The van der Waals surface area contributed by atoms with Gasteiger partial charge >= 0.3 is 0 Å². The molecular weight excluding hydrogens is 414 g/mol. The molecule has 7 heteroatoms. The van der Waals surface area contributed by atoms with Crippen LogP contribution in [0.4, 0.5) is 0 Å². The number of aliphatic imine (C=N–C) groups is 1. The van der Waals surface area contributed by atoms with Crippen molar-refractivity contribution in [2.24, 2.45) is 10.9 Å². The Morgan fingerprint density at radius 3 is 2.67 bits per heavy atom. The second-order valence-electron chi connectivity index (χ2n) is 10.2. The van der Waals surface area contributed by atoms with Crippen LogP contribution in [0.2, 0.25) is 0 Å². The third kappa shape index (κ3) is 5.52. The molecule has 1 aromatic heterocycles. The van der Waals surface area contributed by atoms with Crippen molar-refractivity contribution in [3.8, 4) is 0 Å². The molecule has 2 aliphatic rings. The van der Waals surface area contributed by atoms with Crippen LogP contribution in [0, 0.1) is 5.92 Å². The number of benzene rings is 1. The zero-order valence-electron chi connectivity index (χ0n) is 20.7. The Kier molecular flexibility index (Phi) is 7.27. The fourth-order valence-corrected chi connectivity index (χ4v) is 4.85. The van der Waals surface area contributed by atoms with Crippen LogP contribution in [0.15, 0.2) is 35.5 Å². The fourth-order valence-electron chi connectivity index (χ4n) is 4.85. The lowest BCUT2D eigenvalue weighted by Crippen LogP contribution is -2.56. The smallest absolute Gasteiger partial charge is 0.288 e. The van der Waals surface area contributed by atoms with Crippen LogP contribution in [0.5, 0.6) is 0 Å². The minimum Gasteiger partial charge on any atom is -0.450 e. The molecule has 0 spiro atoms. The van der Waals surface area contributed by atoms with E-state index >= 15 is 0 Å². The predicted molar refractivity (Wildman–Crippen MR) is 133 cm³/mol. The standard InChI is InChI=1S/C26H39N5O2/c1-17(2)10-11-21(12-20-13-27-23-9-7-6-8-22(20)23)29-25(32)24-14-28-26(33-24)31-15-18(3)30(5)19(4)16-31/h6-9,13,17-19,21,24,27H,10-12,14-16H2,1-5H3,(H,29,32)/t18-,19?,21?,24?/m1/s1. The molecule has 2 aliphatic heterocycles. The molecule has 33 heavy (non-hydrogen) atoms. The molecule has 1 aromatic carbocycles. The van der Waals surface area contributed by atoms with Crippen molar-refractivity contribution in [3.63, 3.8) is 0 Å². The van der Waals surface area contributed by atoms with Crippen LogP contribution in [-0.2, 0) is 16.0 Å². The van der Waals surface area contributed by atoms with Gasteiger partial charge in [-0.15, -0.1) is 0 Å². The quantitative estimate of drug-likeness (QED) is 0.674. The van der Waals surface area contributed by atoms with E-state index in [1.54, 1.807) is 0 Å². The number of hydrogen-bond acceptors (Lipinski definition) is 5. The number of aromatic amines is 1. The first-order chi connectivity index (χ1) is 15.8. The number of amidine groups is 1. The molecule has 2 N–H and O–H groups in total. The number of nitrogens with one attached hydrogen (secondary N) is 2. The number of nitrogens with zero attached hydrogens (tertiary/aromatic N) is 3. The Morgan fingerprint density at radius 1 is 1.21 bits per heavy atom. The van der Waals surface area contributed by atoms with Gasteiger partial charge in [0.15, 0.2) is 6.10 Å². The highest BCUT2D eigenvalue weighted by molar-refractivity contribution is 5.87. The highest BCUT2D eigenvalue weighted by Crippen LogP contribution is 2.22. The Bertz CT molecular complexity index is 972. The Hall–Kier alpha value is -2.54. The van der Waals surface area contributed by atoms with Gasteiger partial charge in [0, 0.05) is 48.3 Å². The number of H-pyrrole nitrogens is 1. The van der Waals surface area contributed by atoms with Gasteiger partial charge in [0.1, 0.15) is 0 Å². The average Bonchev–Trinajstić information content (AvgIpc) is 3.43. The van der Waals surface area contributed by atoms with Crippen molar-refractivity contribution < 1.29 is 9.53 Å². The van der Waals surface area contributed by atoms with Crippen LogP contribution in [0.3, 0.4) is 0 Å². The minimum atomic E-state index is -0.546. The zero-order valence-corrected chi connectivity index (χ0v) is 20.7. The second-order valence-corrected chi connectivity index (χ2v) is 10.2. The van der Waals surface area contributed by atoms with E-state index in [4.69, 9.17) is 4.74 Å². The number of rotatable bonds is 7. The molecule has 1 saturated heterocycles. The summed E-state index contributed by atoms with van der Waals surface area (Å²) in [6, 6.07) is 9.86. The fraction of sp³-hybridized carbons (Fsp3) is 0.615. The molecule has 180 valence electrons. The monoisotopic (exact) mass is 453 g/mol. The van der Waals surface area contributed by atoms with Crippen LogP contribution in [0.25, 0.3) is 10.9 Å². The maximum Gasteiger partial charge on any atom is 0.288 e. The second kappa shape index (κ2) is 10.2. The number of piperazine rings is 1. The zero-order chi connectivity index (χ0) is 23.5. The summed E-state index contributed by atoms with van der Waals surface area (Å²) in [5.41, 5.74) is 2.37. The number of amides is 1. The van der Waals surface area contributed by atoms with Crippen LogP contribution in [-0.4, -0.2) is 77.6 Å². The SMILES string of the molecule is CC(C)CCC(Cc1c[nH]c2ccccc12)NC(=O)C1CN=C(N2CC(C)N(C)[C@H](C)C2)O1. The molecule has 0 radical (unpaired) electrons. The summed E-state index contributed by atoms with van der Waals surface area (Å²) >= 11 is 0. The summed E-state index contributed by atoms with van der Waals surface area (Å²) < 4.78 is 6.07. The molecular formula is C26H39N5O2. The van der Waals surface area contributed by atoms with Gasteiger partial charge in [-0.25, -0.2) is 4.99 Å². The van der Waals surface area contributed by atoms with Crippen molar-refractivity contribution in [2.75, 3.05) is 26.7 Å². The number of aromatic nitrogens is 1. The van der Waals surface area contributed by atoms with Gasteiger partial charge in [0.25, 0.3) is 11.9 Å². The molecule has 0 aliphatic carbocycles. The minimum absolute atomic E-state index is 0.0578. The van der Waals surface area contributed by atoms with Gasteiger partial charge in [-0.1, -0.05) is 32.0 Å². The Balaban J connectivity index is 1.38. The van der Waals surface area contributed by atoms with E-state index < -0.39 is 6.10 Å². The van der Waals surface area contributed by atoms with Gasteiger partial charge < -0.3 is 19.9 Å². The first-order valence-electron chi connectivity index (χ1n) is 12.3. The topological polar surface area (TPSA) is 73.0 Å². The van der Waals surface area contributed by atoms with E-state index in [2.05, 4.69) is 84.2 Å². The molecule has 0 bridgehead atoms. The lowest BCUT2D eigenvalue weighted by atomic mass is 9.97. The molecule has 4 atom stereocenters. The summed E-state index contributed by atoms with van der Waals surface area (Å²) in [4.78, 5) is 25.7. The molecule has 3 heterocycles. The lowest BCUT2D eigenvalue weighted by molar-refractivity contribution is -0.128. The molecule has 3 unspecified atom stereocenters. The summed E-state index contributed by atoms with van der Waals surface area (Å²) in [5, 5.41) is 4.51. The molecule has 1 amide bonds. The van der Waals surface area contributed by atoms with E-state index in [0.717, 1.165) is 37.9 Å². The summed E-state index contributed by atoms with van der Waals surface area (Å²) in [6.07, 6.45) is 4.34. The van der Waals surface area contributed by atoms with Crippen molar-refractivity contribution in [1.29, 1.82) is 0 Å². The van der Waals surface area contributed by atoms with Crippen molar-refractivity contribution in [2.45, 2.75) is 71.2 Å². The number of likely N-dealkylation sites (N-methyl/N-ethyl adjacent to an activating group) is 1. The van der Waals surface area contributed by atoms with E-state index in [0.29, 0.717) is 30.6 Å². The third-order valence-electron chi connectivity index (χ3n) is 7.14. The first kappa shape index (κ1) is 23.6. The number of hydrogen-bond donors (Lipinski definition) is 2. The van der Waals surface area contributed by atoms with Gasteiger partial charge in [-0.2, -0.15) is 0 Å². The number of para-hydroxylation sites is 1.